The maximum absolute atomic E-state index is 12.5. The standard InChI is InChI=1S/C14H16ClN3OS/c15-13-14(18-12-6-2-1-5-11(12)17-13)20(19)9-10-4-3-7-16-8-10/h1-2,5-6,10,16H,3-4,7-9H2. The van der Waals surface area contributed by atoms with Crippen molar-refractivity contribution in [2.75, 3.05) is 18.8 Å². The molecule has 3 rings (SSSR count). The molecule has 0 spiro atoms. The summed E-state index contributed by atoms with van der Waals surface area (Å²) in [5, 5.41) is 4.00. The quantitative estimate of drug-likeness (QED) is 0.946. The monoisotopic (exact) mass is 309 g/mol. The zero-order valence-corrected chi connectivity index (χ0v) is 12.6. The lowest BCUT2D eigenvalue weighted by molar-refractivity contribution is 0.408. The van der Waals surface area contributed by atoms with Crippen LogP contribution in [-0.4, -0.2) is 33.0 Å². The molecule has 1 aromatic heterocycles. The smallest absolute Gasteiger partial charge is 0.165 e. The Labute approximate surface area is 125 Å². The van der Waals surface area contributed by atoms with Crippen LogP contribution in [0.15, 0.2) is 29.3 Å². The fraction of sp³-hybridized carbons (Fsp3) is 0.429. The van der Waals surface area contributed by atoms with Crippen molar-refractivity contribution in [2.45, 2.75) is 17.9 Å². The van der Waals surface area contributed by atoms with Crippen molar-refractivity contribution >= 4 is 33.4 Å². The lowest BCUT2D eigenvalue weighted by Crippen LogP contribution is -2.32. The lowest BCUT2D eigenvalue weighted by Gasteiger charge is -2.22. The minimum Gasteiger partial charge on any atom is -0.316 e. The molecule has 20 heavy (non-hydrogen) atoms. The highest BCUT2D eigenvalue weighted by Crippen LogP contribution is 2.22. The van der Waals surface area contributed by atoms with E-state index < -0.39 is 10.8 Å². The Bertz CT molecular complexity index is 643. The summed E-state index contributed by atoms with van der Waals surface area (Å²) >= 11 is 6.13. The van der Waals surface area contributed by atoms with E-state index in [-0.39, 0.29) is 5.15 Å². The average molecular weight is 310 g/mol. The third kappa shape index (κ3) is 3.00. The molecule has 2 heterocycles. The molecule has 0 aliphatic carbocycles. The summed E-state index contributed by atoms with van der Waals surface area (Å²) in [7, 11) is -1.19. The van der Waals surface area contributed by atoms with Gasteiger partial charge in [0.05, 0.1) is 21.8 Å². The molecule has 1 aromatic carbocycles. The van der Waals surface area contributed by atoms with Gasteiger partial charge in [-0.05, 0) is 44.0 Å². The van der Waals surface area contributed by atoms with Gasteiger partial charge in [-0.25, -0.2) is 9.97 Å². The molecule has 106 valence electrons. The van der Waals surface area contributed by atoms with Crippen LogP contribution in [0.25, 0.3) is 11.0 Å². The zero-order chi connectivity index (χ0) is 13.9. The van der Waals surface area contributed by atoms with Gasteiger partial charge < -0.3 is 5.32 Å². The molecule has 1 fully saturated rings. The van der Waals surface area contributed by atoms with Gasteiger partial charge in [0, 0.05) is 5.75 Å². The minimum absolute atomic E-state index is 0.255. The van der Waals surface area contributed by atoms with Crippen LogP contribution in [-0.2, 0) is 10.8 Å². The zero-order valence-electron chi connectivity index (χ0n) is 11.0. The molecule has 0 bridgehead atoms. The van der Waals surface area contributed by atoms with Crippen LogP contribution >= 0.6 is 11.6 Å². The first-order valence-corrected chi connectivity index (χ1v) is 8.45. The second-order valence-corrected chi connectivity index (χ2v) is 6.80. The number of rotatable bonds is 3. The van der Waals surface area contributed by atoms with Crippen molar-refractivity contribution in [1.29, 1.82) is 0 Å². The third-order valence-corrected chi connectivity index (χ3v) is 5.37. The Balaban J connectivity index is 1.84. The minimum atomic E-state index is -1.19. The number of aromatic nitrogens is 2. The van der Waals surface area contributed by atoms with Gasteiger partial charge >= 0.3 is 0 Å². The van der Waals surface area contributed by atoms with Crippen molar-refractivity contribution in [1.82, 2.24) is 15.3 Å². The topological polar surface area (TPSA) is 54.9 Å². The van der Waals surface area contributed by atoms with Crippen LogP contribution in [0, 0.1) is 5.92 Å². The number of piperidine rings is 1. The van der Waals surface area contributed by atoms with E-state index in [9.17, 15) is 4.21 Å². The van der Waals surface area contributed by atoms with Crippen LogP contribution in [0.2, 0.25) is 5.15 Å². The van der Waals surface area contributed by atoms with Crippen LogP contribution in [0.5, 0.6) is 0 Å². The summed E-state index contributed by atoms with van der Waals surface area (Å²) in [5.74, 6) is 1.02. The number of nitrogens with one attached hydrogen (secondary N) is 1. The Kier molecular flexibility index (Phi) is 4.29. The predicted octanol–water partition coefficient (Wildman–Crippen LogP) is 2.39. The van der Waals surface area contributed by atoms with E-state index in [2.05, 4.69) is 15.3 Å². The molecule has 1 N–H and O–H groups in total. The SMILES string of the molecule is O=S(CC1CCCNC1)c1nc2ccccc2nc1Cl. The molecule has 6 heteroatoms. The summed E-state index contributed by atoms with van der Waals surface area (Å²) in [6.07, 6.45) is 2.25. The molecule has 1 aliphatic heterocycles. The first-order valence-electron chi connectivity index (χ1n) is 6.75. The van der Waals surface area contributed by atoms with Gasteiger partial charge in [0.1, 0.15) is 0 Å². The summed E-state index contributed by atoms with van der Waals surface area (Å²) in [6.45, 7) is 1.98. The molecular formula is C14H16ClN3OS. The summed E-state index contributed by atoms with van der Waals surface area (Å²) in [6, 6.07) is 7.49. The lowest BCUT2D eigenvalue weighted by atomic mass is 10.0. The molecular weight excluding hydrogens is 294 g/mol. The summed E-state index contributed by atoms with van der Waals surface area (Å²) in [5.41, 5.74) is 1.47. The van der Waals surface area contributed by atoms with E-state index in [1.165, 1.54) is 0 Å². The van der Waals surface area contributed by atoms with Gasteiger partial charge in [0.15, 0.2) is 10.2 Å². The average Bonchev–Trinajstić information content (AvgIpc) is 2.47. The second-order valence-electron chi connectivity index (χ2n) is 5.03. The molecule has 4 nitrogen and oxygen atoms in total. The summed E-state index contributed by atoms with van der Waals surface area (Å²) < 4.78 is 12.5. The molecule has 1 aliphatic rings. The van der Waals surface area contributed by atoms with E-state index in [0.717, 1.165) is 37.0 Å². The van der Waals surface area contributed by atoms with Crippen molar-refractivity contribution in [2.24, 2.45) is 5.92 Å². The molecule has 0 saturated carbocycles. The molecule has 2 unspecified atom stereocenters. The van der Waals surface area contributed by atoms with E-state index in [0.29, 0.717) is 16.7 Å². The molecule has 0 amide bonds. The predicted molar refractivity (Wildman–Crippen MR) is 81.4 cm³/mol. The number of fused-ring (bicyclic) bond motifs is 1. The number of benzene rings is 1. The highest BCUT2D eigenvalue weighted by Gasteiger charge is 2.20. The maximum Gasteiger partial charge on any atom is 0.165 e. The van der Waals surface area contributed by atoms with Crippen LogP contribution in [0.4, 0.5) is 0 Å². The molecule has 2 atom stereocenters. The van der Waals surface area contributed by atoms with Gasteiger partial charge in [-0.1, -0.05) is 23.7 Å². The van der Waals surface area contributed by atoms with Crippen molar-refractivity contribution in [3.8, 4) is 0 Å². The Morgan fingerprint density at radius 2 is 2.05 bits per heavy atom. The molecule has 0 radical (unpaired) electrons. The fourth-order valence-corrected chi connectivity index (χ4v) is 4.16. The number of hydrogen-bond donors (Lipinski definition) is 1. The van der Waals surface area contributed by atoms with E-state index in [1.807, 2.05) is 24.3 Å². The Hall–Kier alpha value is -1.04. The van der Waals surface area contributed by atoms with Crippen LogP contribution in [0.1, 0.15) is 12.8 Å². The first kappa shape index (κ1) is 13.9. The Morgan fingerprint density at radius 1 is 1.30 bits per heavy atom. The van der Waals surface area contributed by atoms with Crippen LogP contribution < -0.4 is 5.32 Å². The highest BCUT2D eigenvalue weighted by atomic mass is 35.5. The van der Waals surface area contributed by atoms with Gasteiger partial charge in [0.2, 0.25) is 0 Å². The first-order chi connectivity index (χ1) is 9.74. The summed E-state index contributed by atoms with van der Waals surface area (Å²) in [4.78, 5) is 8.71. The number of hydrogen-bond acceptors (Lipinski definition) is 4. The molecule has 1 saturated heterocycles. The van der Waals surface area contributed by atoms with Crippen molar-refractivity contribution in [3.63, 3.8) is 0 Å². The van der Waals surface area contributed by atoms with E-state index >= 15 is 0 Å². The second kappa shape index (κ2) is 6.16. The van der Waals surface area contributed by atoms with Gasteiger partial charge in [-0.2, -0.15) is 0 Å². The number of nitrogens with zero attached hydrogens (tertiary/aromatic N) is 2. The fourth-order valence-electron chi connectivity index (χ4n) is 2.47. The van der Waals surface area contributed by atoms with Crippen LogP contribution in [0.3, 0.4) is 0 Å². The molecule has 2 aromatic rings. The van der Waals surface area contributed by atoms with E-state index in [1.54, 1.807) is 0 Å². The van der Waals surface area contributed by atoms with Gasteiger partial charge in [-0.15, -0.1) is 0 Å². The highest BCUT2D eigenvalue weighted by molar-refractivity contribution is 7.85. The normalized spacial score (nSPS) is 20.9. The third-order valence-electron chi connectivity index (χ3n) is 3.50. The van der Waals surface area contributed by atoms with Crippen molar-refractivity contribution < 1.29 is 4.21 Å². The van der Waals surface area contributed by atoms with Gasteiger partial charge in [-0.3, -0.25) is 4.21 Å². The number of para-hydroxylation sites is 2. The maximum atomic E-state index is 12.5. The van der Waals surface area contributed by atoms with E-state index in [4.69, 9.17) is 11.6 Å². The number of halogens is 1. The Morgan fingerprint density at radius 3 is 2.75 bits per heavy atom. The van der Waals surface area contributed by atoms with Crippen molar-refractivity contribution in [3.05, 3.63) is 29.4 Å². The van der Waals surface area contributed by atoms with Gasteiger partial charge in [0.25, 0.3) is 0 Å². The largest absolute Gasteiger partial charge is 0.316 e.